The molecule has 0 radical (unpaired) electrons. The smallest absolute Gasteiger partial charge is 0.322 e. The second-order valence-electron chi connectivity index (χ2n) is 8.02. The Labute approximate surface area is 193 Å². The van der Waals surface area contributed by atoms with E-state index in [1.165, 1.54) is 0 Å². The van der Waals surface area contributed by atoms with E-state index in [9.17, 15) is 9.59 Å². The summed E-state index contributed by atoms with van der Waals surface area (Å²) in [4.78, 5) is 23.1. The molecular formula is C26H27ClN2O3. The molecule has 166 valence electrons. The zero-order chi connectivity index (χ0) is 23.4. The fourth-order valence-corrected chi connectivity index (χ4v) is 3.91. The number of benzene rings is 3. The number of aryl methyl sites for hydroxylation is 3. The van der Waals surface area contributed by atoms with Gasteiger partial charge in [0.1, 0.15) is 6.54 Å². The van der Waals surface area contributed by atoms with Gasteiger partial charge in [0.15, 0.2) is 0 Å². The van der Waals surface area contributed by atoms with Crippen LogP contribution in [-0.4, -0.2) is 23.5 Å². The second kappa shape index (κ2) is 9.88. The molecule has 0 spiro atoms. The number of carboxylic acids is 1. The first-order chi connectivity index (χ1) is 15.2. The second-order valence-corrected chi connectivity index (χ2v) is 8.42. The highest BCUT2D eigenvalue weighted by Gasteiger charge is 2.15. The Balaban J connectivity index is 1.83. The van der Waals surface area contributed by atoms with Gasteiger partial charge in [0.25, 0.3) is 5.91 Å². The summed E-state index contributed by atoms with van der Waals surface area (Å²) in [5, 5.41) is 15.5. The van der Waals surface area contributed by atoms with E-state index in [2.05, 4.69) is 29.7 Å². The summed E-state index contributed by atoms with van der Waals surface area (Å²) in [7, 11) is 0. The van der Waals surface area contributed by atoms with E-state index in [0.717, 1.165) is 44.1 Å². The van der Waals surface area contributed by atoms with Gasteiger partial charge in [-0.1, -0.05) is 48.0 Å². The third-order valence-electron chi connectivity index (χ3n) is 5.42. The number of amides is 1. The Morgan fingerprint density at radius 2 is 1.62 bits per heavy atom. The van der Waals surface area contributed by atoms with Gasteiger partial charge in [-0.15, -0.1) is 0 Å². The molecule has 0 aliphatic carbocycles. The van der Waals surface area contributed by atoms with Crippen LogP contribution in [0.4, 0.5) is 5.69 Å². The molecule has 32 heavy (non-hydrogen) atoms. The molecule has 6 heteroatoms. The Morgan fingerprint density at radius 1 is 0.938 bits per heavy atom. The zero-order valence-electron chi connectivity index (χ0n) is 18.6. The number of carbonyl (C=O) groups is 2. The molecule has 0 aliphatic rings. The summed E-state index contributed by atoms with van der Waals surface area (Å²) in [5.74, 6) is -1.45. The zero-order valence-corrected chi connectivity index (χ0v) is 19.4. The first-order valence-electron chi connectivity index (χ1n) is 10.4. The lowest BCUT2D eigenvalue weighted by Gasteiger charge is -2.18. The van der Waals surface area contributed by atoms with Crippen LogP contribution in [0.25, 0.3) is 11.1 Å². The minimum Gasteiger partial charge on any atom is -0.480 e. The van der Waals surface area contributed by atoms with Crippen LogP contribution >= 0.6 is 11.6 Å². The number of halogens is 1. The van der Waals surface area contributed by atoms with Crippen LogP contribution in [0.3, 0.4) is 0 Å². The highest BCUT2D eigenvalue weighted by Crippen LogP contribution is 2.29. The number of hydrogen-bond acceptors (Lipinski definition) is 3. The van der Waals surface area contributed by atoms with Crippen molar-refractivity contribution in [1.29, 1.82) is 0 Å². The maximum Gasteiger partial charge on any atom is 0.322 e. The van der Waals surface area contributed by atoms with Crippen molar-refractivity contribution < 1.29 is 14.7 Å². The van der Waals surface area contributed by atoms with Gasteiger partial charge >= 0.3 is 5.97 Å². The van der Waals surface area contributed by atoms with Gasteiger partial charge in [-0.2, -0.15) is 0 Å². The molecule has 0 aliphatic heterocycles. The van der Waals surface area contributed by atoms with Crippen LogP contribution in [0, 0.1) is 20.8 Å². The molecule has 1 atom stereocenters. The Bertz CT molecular complexity index is 1150. The molecule has 3 aromatic rings. The summed E-state index contributed by atoms with van der Waals surface area (Å²) in [6, 6.07) is 18.2. The summed E-state index contributed by atoms with van der Waals surface area (Å²) in [5.41, 5.74) is 7.31. The van der Waals surface area contributed by atoms with Crippen molar-refractivity contribution in [3.05, 3.63) is 87.4 Å². The normalized spacial score (nSPS) is 11.7. The summed E-state index contributed by atoms with van der Waals surface area (Å²) >= 11 is 6.15. The van der Waals surface area contributed by atoms with E-state index in [4.69, 9.17) is 16.7 Å². The van der Waals surface area contributed by atoms with E-state index in [0.29, 0.717) is 5.56 Å². The fraction of sp³-hybridized carbons (Fsp3) is 0.231. The van der Waals surface area contributed by atoms with Gasteiger partial charge in [-0.25, -0.2) is 0 Å². The van der Waals surface area contributed by atoms with E-state index in [1.807, 2.05) is 63.2 Å². The Hall–Kier alpha value is -3.31. The molecule has 3 N–H and O–H groups in total. The number of anilines is 1. The van der Waals surface area contributed by atoms with Crippen molar-refractivity contribution in [3.63, 3.8) is 0 Å². The summed E-state index contributed by atoms with van der Waals surface area (Å²) in [6.45, 7) is 7.42. The maximum absolute atomic E-state index is 12.4. The van der Waals surface area contributed by atoms with Gasteiger partial charge in [0.2, 0.25) is 0 Å². The molecule has 0 fully saturated rings. The summed E-state index contributed by atoms with van der Waals surface area (Å²) < 4.78 is 0. The van der Waals surface area contributed by atoms with Crippen molar-refractivity contribution >= 4 is 29.2 Å². The van der Waals surface area contributed by atoms with Crippen molar-refractivity contribution in [1.82, 2.24) is 5.32 Å². The average molecular weight is 451 g/mol. The van der Waals surface area contributed by atoms with Gasteiger partial charge in [-0.05, 0) is 79.3 Å². The number of carboxylic acid groups (broad SMARTS) is 1. The van der Waals surface area contributed by atoms with Crippen LogP contribution in [0.15, 0.2) is 54.6 Å². The van der Waals surface area contributed by atoms with Crippen LogP contribution in [-0.2, 0) is 4.79 Å². The van der Waals surface area contributed by atoms with Gasteiger partial charge in [0, 0.05) is 22.3 Å². The topological polar surface area (TPSA) is 78.4 Å². The third kappa shape index (κ3) is 5.48. The number of nitrogens with one attached hydrogen (secondary N) is 2. The first-order valence-corrected chi connectivity index (χ1v) is 10.8. The molecule has 1 unspecified atom stereocenters. The Kier molecular flexibility index (Phi) is 7.21. The van der Waals surface area contributed by atoms with Gasteiger partial charge in [-0.3, -0.25) is 9.59 Å². The third-order valence-corrected chi connectivity index (χ3v) is 5.85. The molecule has 5 nitrogen and oxygen atoms in total. The van der Waals surface area contributed by atoms with Crippen LogP contribution < -0.4 is 10.6 Å². The molecule has 0 saturated carbocycles. The number of carbonyl (C=O) groups excluding carboxylic acids is 1. The largest absolute Gasteiger partial charge is 0.480 e. The molecule has 0 saturated heterocycles. The molecule has 0 aromatic heterocycles. The molecule has 0 bridgehead atoms. The van der Waals surface area contributed by atoms with Crippen molar-refractivity contribution in [2.45, 2.75) is 33.7 Å². The number of rotatable bonds is 7. The van der Waals surface area contributed by atoms with Crippen LogP contribution in [0.5, 0.6) is 0 Å². The highest BCUT2D eigenvalue weighted by molar-refractivity contribution is 6.31. The minimum absolute atomic E-state index is 0.102. The van der Waals surface area contributed by atoms with E-state index >= 15 is 0 Å². The molecule has 0 heterocycles. The first kappa shape index (κ1) is 23.4. The average Bonchev–Trinajstić information content (AvgIpc) is 2.73. The molecule has 3 aromatic carbocycles. The predicted molar refractivity (Wildman–Crippen MR) is 130 cm³/mol. The lowest BCUT2D eigenvalue weighted by Crippen LogP contribution is -2.30. The van der Waals surface area contributed by atoms with E-state index in [1.54, 1.807) is 0 Å². The Morgan fingerprint density at radius 3 is 2.25 bits per heavy atom. The predicted octanol–water partition coefficient (Wildman–Crippen LogP) is 5.92. The van der Waals surface area contributed by atoms with E-state index in [-0.39, 0.29) is 11.9 Å². The molecule has 3 rings (SSSR count). The summed E-state index contributed by atoms with van der Waals surface area (Å²) in [6.07, 6.45) is 0. The monoisotopic (exact) mass is 450 g/mol. The van der Waals surface area contributed by atoms with Crippen molar-refractivity contribution in [2.75, 3.05) is 11.9 Å². The molecular weight excluding hydrogens is 424 g/mol. The van der Waals surface area contributed by atoms with Crippen molar-refractivity contribution in [3.8, 4) is 11.1 Å². The quantitative estimate of drug-likeness (QED) is 0.417. The van der Waals surface area contributed by atoms with Crippen molar-refractivity contribution in [2.24, 2.45) is 0 Å². The van der Waals surface area contributed by atoms with Gasteiger partial charge < -0.3 is 15.7 Å². The van der Waals surface area contributed by atoms with E-state index < -0.39 is 12.5 Å². The van der Waals surface area contributed by atoms with Crippen LogP contribution in [0.1, 0.15) is 45.6 Å². The lowest BCUT2D eigenvalue weighted by molar-refractivity contribution is -0.135. The maximum atomic E-state index is 12.4. The SMILES string of the molecule is Cc1cc(C(C)Nc2cccc(-c3cc(C)c(C(=O)NCC(=O)O)c(C)c3)c2)ccc1Cl. The standard InChI is InChI=1S/C26H27ClN2O3/c1-15-10-19(8-9-23(15)27)18(4)29-22-7-5-6-20(13-22)21-11-16(2)25(17(3)12-21)26(32)28-14-24(30)31/h5-13,18,29H,14H2,1-4H3,(H,28,32)(H,30,31). The highest BCUT2D eigenvalue weighted by atomic mass is 35.5. The number of hydrogen-bond donors (Lipinski definition) is 3. The molecule has 1 amide bonds. The lowest BCUT2D eigenvalue weighted by atomic mass is 9.95. The fourth-order valence-electron chi connectivity index (χ4n) is 3.79. The number of aliphatic carboxylic acids is 1. The van der Waals surface area contributed by atoms with Gasteiger partial charge in [0.05, 0.1) is 0 Å². The minimum atomic E-state index is -1.07. The van der Waals surface area contributed by atoms with Crippen LogP contribution in [0.2, 0.25) is 5.02 Å².